The van der Waals surface area contributed by atoms with Gasteiger partial charge in [0.15, 0.2) is 0 Å². The highest BCUT2D eigenvalue weighted by atomic mass is 35.5. The van der Waals surface area contributed by atoms with Crippen molar-refractivity contribution in [1.82, 2.24) is 0 Å². The van der Waals surface area contributed by atoms with Crippen LogP contribution in [0.3, 0.4) is 0 Å². The van der Waals surface area contributed by atoms with E-state index in [1.54, 1.807) is 12.1 Å². The second-order valence-corrected chi connectivity index (χ2v) is 3.88. The monoisotopic (exact) mass is 205 g/mol. The van der Waals surface area contributed by atoms with Gasteiger partial charge in [0.2, 0.25) is 0 Å². The minimum absolute atomic E-state index is 0.375. The van der Waals surface area contributed by atoms with Crippen molar-refractivity contribution in [2.75, 3.05) is 0 Å². The zero-order valence-corrected chi connectivity index (χ0v) is 9.05. The number of hydrogen-bond donors (Lipinski definition) is 0. The van der Waals surface area contributed by atoms with E-state index < -0.39 is 0 Å². The molecule has 0 aliphatic rings. The number of benzene rings is 1. The Morgan fingerprint density at radius 1 is 1.36 bits per heavy atom. The van der Waals surface area contributed by atoms with E-state index in [1.165, 1.54) is 0 Å². The molecule has 0 spiro atoms. The molecule has 1 aromatic rings. The third kappa shape index (κ3) is 2.90. The van der Waals surface area contributed by atoms with Gasteiger partial charge in [-0.05, 0) is 23.6 Å². The molecule has 0 unspecified atom stereocenters. The third-order valence-corrected chi connectivity index (χ3v) is 2.03. The Balaban J connectivity index is 3.03. The summed E-state index contributed by atoms with van der Waals surface area (Å²) in [5.74, 6) is 0.375. The quantitative estimate of drug-likeness (QED) is 0.672. The van der Waals surface area contributed by atoms with Crippen LogP contribution in [0, 0.1) is 17.2 Å². The maximum atomic E-state index is 8.95. The first-order valence-electron chi connectivity index (χ1n) is 4.51. The van der Waals surface area contributed by atoms with Crippen LogP contribution in [-0.2, 0) is 0 Å². The highest BCUT2D eigenvalue weighted by Gasteiger charge is 2.00. The molecule has 1 nitrogen and oxygen atoms in total. The summed E-state index contributed by atoms with van der Waals surface area (Å²) in [6.45, 7) is 4.10. The van der Waals surface area contributed by atoms with Crippen molar-refractivity contribution < 1.29 is 0 Å². The SMILES string of the molecule is CC(C)/C=C(/C#N)c1ccc(Cl)cc1. The number of allylic oxidation sites excluding steroid dienone is 2. The number of nitrogens with zero attached hydrogens (tertiary/aromatic N) is 1. The van der Waals surface area contributed by atoms with Gasteiger partial charge in [-0.1, -0.05) is 43.7 Å². The van der Waals surface area contributed by atoms with Gasteiger partial charge in [-0.15, -0.1) is 0 Å². The number of nitriles is 1. The van der Waals surface area contributed by atoms with Gasteiger partial charge in [-0.25, -0.2) is 0 Å². The van der Waals surface area contributed by atoms with Crippen LogP contribution in [0.2, 0.25) is 5.02 Å². The lowest BCUT2D eigenvalue weighted by Crippen LogP contribution is -1.85. The molecule has 2 heteroatoms. The van der Waals surface area contributed by atoms with Gasteiger partial charge >= 0.3 is 0 Å². The summed E-state index contributed by atoms with van der Waals surface area (Å²) in [4.78, 5) is 0. The highest BCUT2D eigenvalue weighted by Crippen LogP contribution is 2.18. The van der Waals surface area contributed by atoms with Crippen molar-refractivity contribution in [3.05, 3.63) is 40.9 Å². The van der Waals surface area contributed by atoms with Crippen LogP contribution in [0.4, 0.5) is 0 Å². The topological polar surface area (TPSA) is 23.8 Å². The number of halogens is 1. The summed E-state index contributed by atoms with van der Waals surface area (Å²) in [6, 6.07) is 9.50. The first-order valence-corrected chi connectivity index (χ1v) is 4.89. The van der Waals surface area contributed by atoms with Crippen LogP contribution in [0.15, 0.2) is 30.3 Å². The smallest absolute Gasteiger partial charge is 0.0994 e. The summed E-state index contributed by atoms with van der Waals surface area (Å²) in [7, 11) is 0. The number of rotatable bonds is 2. The Labute approximate surface area is 89.6 Å². The van der Waals surface area contributed by atoms with Crippen LogP contribution >= 0.6 is 11.6 Å². The van der Waals surface area contributed by atoms with Crippen LogP contribution < -0.4 is 0 Å². The van der Waals surface area contributed by atoms with E-state index in [-0.39, 0.29) is 0 Å². The maximum absolute atomic E-state index is 8.95. The molecular weight excluding hydrogens is 194 g/mol. The first kappa shape index (κ1) is 10.8. The largest absolute Gasteiger partial charge is 0.192 e. The molecule has 0 radical (unpaired) electrons. The highest BCUT2D eigenvalue weighted by molar-refractivity contribution is 6.30. The van der Waals surface area contributed by atoms with E-state index in [0.717, 1.165) is 5.56 Å². The Morgan fingerprint density at radius 3 is 2.36 bits per heavy atom. The van der Waals surface area contributed by atoms with Gasteiger partial charge < -0.3 is 0 Å². The lowest BCUT2D eigenvalue weighted by Gasteiger charge is -2.01. The maximum Gasteiger partial charge on any atom is 0.0994 e. The predicted octanol–water partition coefficient (Wildman–Crippen LogP) is 3.90. The third-order valence-electron chi connectivity index (χ3n) is 1.78. The van der Waals surface area contributed by atoms with Crippen molar-refractivity contribution in [3.63, 3.8) is 0 Å². The van der Waals surface area contributed by atoms with Crippen LogP contribution in [0.5, 0.6) is 0 Å². The normalized spacial score (nSPS) is 11.5. The van der Waals surface area contributed by atoms with E-state index in [2.05, 4.69) is 6.07 Å². The molecule has 0 aliphatic heterocycles. The molecule has 0 bridgehead atoms. The molecule has 14 heavy (non-hydrogen) atoms. The standard InChI is InChI=1S/C12H12ClN/c1-9(2)7-11(8-14)10-3-5-12(13)6-4-10/h3-7,9H,1-2H3/b11-7-. The van der Waals surface area contributed by atoms with Crippen molar-refractivity contribution in [3.8, 4) is 6.07 Å². The van der Waals surface area contributed by atoms with E-state index in [1.807, 2.05) is 32.1 Å². The Bertz CT molecular complexity index is 368. The van der Waals surface area contributed by atoms with Gasteiger partial charge in [-0.3, -0.25) is 0 Å². The molecule has 0 heterocycles. The fourth-order valence-corrected chi connectivity index (χ4v) is 1.29. The lowest BCUT2D eigenvalue weighted by atomic mass is 10.0. The fraction of sp³-hybridized carbons (Fsp3) is 0.250. The van der Waals surface area contributed by atoms with Gasteiger partial charge in [0.1, 0.15) is 0 Å². The zero-order valence-electron chi connectivity index (χ0n) is 8.29. The van der Waals surface area contributed by atoms with E-state index in [9.17, 15) is 0 Å². The molecule has 0 aliphatic carbocycles. The molecule has 0 amide bonds. The van der Waals surface area contributed by atoms with Crippen molar-refractivity contribution >= 4 is 17.2 Å². The molecule has 0 fully saturated rings. The molecule has 0 aromatic heterocycles. The summed E-state index contributed by atoms with van der Waals surface area (Å²) in [5.41, 5.74) is 1.63. The molecule has 1 rings (SSSR count). The molecule has 72 valence electrons. The second-order valence-electron chi connectivity index (χ2n) is 3.44. The number of hydrogen-bond acceptors (Lipinski definition) is 1. The second kappa shape index (κ2) is 4.83. The Kier molecular flexibility index (Phi) is 3.73. The average Bonchev–Trinajstić information content (AvgIpc) is 2.15. The first-order chi connectivity index (χ1) is 6.63. The van der Waals surface area contributed by atoms with Gasteiger partial charge in [0, 0.05) is 5.02 Å². The van der Waals surface area contributed by atoms with Crippen LogP contribution in [-0.4, -0.2) is 0 Å². The van der Waals surface area contributed by atoms with Crippen molar-refractivity contribution in [2.24, 2.45) is 5.92 Å². The van der Waals surface area contributed by atoms with Gasteiger partial charge in [-0.2, -0.15) is 5.26 Å². The summed E-state index contributed by atoms with van der Waals surface area (Å²) < 4.78 is 0. The van der Waals surface area contributed by atoms with Gasteiger partial charge in [0.05, 0.1) is 11.6 Å². The van der Waals surface area contributed by atoms with Crippen molar-refractivity contribution in [1.29, 1.82) is 5.26 Å². The Morgan fingerprint density at radius 2 is 1.93 bits per heavy atom. The zero-order chi connectivity index (χ0) is 10.6. The predicted molar refractivity (Wildman–Crippen MR) is 59.9 cm³/mol. The summed E-state index contributed by atoms with van der Waals surface area (Å²) >= 11 is 5.76. The van der Waals surface area contributed by atoms with Crippen LogP contribution in [0.25, 0.3) is 5.57 Å². The summed E-state index contributed by atoms with van der Waals surface area (Å²) in [6.07, 6.45) is 1.95. The molecule has 0 saturated heterocycles. The van der Waals surface area contributed by atoms with Crippen molar-refractivity contribution in [2.45, 2.75) is 13.8 Å². The molecule has 1 aromatic carbocycles. The summed E-state index contributed by atoms with van der Waals surface area (Å²) in [5, 5.41) is 9.64. The van der Waals surface area contributed by atoms with Crippen LogP contribution in [0.1, 0.15) is 19.4 Å². The Hall–Kier alpha value is -1.26. The van der Waals surface area contributed by atoms with E-state index in [4.69, 9.17) is 16.9 Å². The minimum atomic E-state index is 0.375. The average molecular weight is 206 g/mol. The van der Waals surface area contributed by atoms with E-state index in [0.29, 0.717) is 16.5 Å². The molecular formula is C12H12ClN. The van der Waals surface area contributed by atoms with E-state index >= 15 is 0 Å². The molecule has 0 N–H and O–H groups in total. The van der Waals surface area contributed by atoms with Gasteiger partial charge in [0.25, 0.3) is 0 Å². The lowest BCUT2D eigenvalue weighted by molar-refractivity contribution is 0.834. The molecule has 0 saturated carbocycles. The fourth-order valence-electron chi connectivity index (χ4n) is 1.16. The minimum Gasteiger partial charge on any atom is -0.192 e. The molecule has 0 atom stereocenters.